The first-order valence-corrected chi connectivity index (χ1v) is 7.22. The van der Waals surface area contributed by atoms with Crippen LogP contribution in [0.3, 0.4) is 0 Å². The van der Waals surface area contributed by atoms with Gasteiger partial charge in [0.2, 0.25) is 5.95 Å². The van der Waals surface area contributed by atoms with Crippen molar-refractivity contribution in [2.45, 2.75) is 44.2 Å². The second-order valence-corrected chi connectivity index (χ2v) is 5.73. The van der Waals surface area contributed by atoms with Crippen LogP contribution in [0.2, 0.25) is 0 Å². The predicted molar refractivity (Wildman–Crippen MR) is 81.1 cm³/mol. The molecule has 0 saturated heterocycles. The minimum Gasteiger partial charge on any atom is -0.394 e. The Morgan fingerprint density at radius 2 is 2.15 bits per heavy atom. The highest BCUT2D eigenvalue weighted by atomic mass is 16.3. The van der Waals surface area contributed by atoms with Gasteiger partial charge in [0.15, 0.2) is 0 Å². The molecular weight excluding hydrogens is 254 g/mol. The molecule has 0 aromatic carbocycles. The van der Waals surface area contributed by atoms with E-state index in [4.69, 9.17) is 5.73 Å². The van der Waals surface area contributed by atoms with Crippen molar-refractivity contribution in [1.82, 2.24) is 9.97 Å². The number of hydrogen-bond donors (Lipinski definition) is 3. The molecule has 1 aromatic heterocycles. The van der Waals surface area contributed by atoms with Crippen molar-refractivity contribution < 1.29 is 5.11 Å². The summed E-state index contributed by atoms with van der Waals surface area (Å²) in [7, 11) is 3.86. The molecule has 1 aliphatic carbocycles. The first kappa shape index (κ1) is 15.0. The zero-order chi connectivity index (χ0) is 14.7. The molecule has 0 aliphatic heterocycles. The third-order valence-electron chi connectivity index (χ3n) is 3.79. The summed E-state index contributed by atoms with van der Waals surface area (Å²) in [4.78, 5) is 11.0. The van der Waals surface area contributed by atoms with E-state index in [-0.39, 0.29) is 12.6 Å². The van der Waals surface area contributed by atoms with Crippen LogP contribution >= 0.6 is 0 Å². The van der Waals surface area contributed by atoms with E-state index in [1.807, 2.05) is 32.0 Å². The molecule has 20 heavy (non-hydrogen) atoms. The van der Waals surface area contributed by atoms with Gasteiger partial charge in [0.05, 0.1) is 18.3 Å². The highest BCUT2D eigenvalue weighted by Gasteiger charge is 2.29. The Balaban J connectivity index is 2.21. The SMILES string of the molecule is CC[C@H](CO)Nc1cc(C2CC(N)C2)nc(N(C)C)n1. The van der Waals surface area contributed by atoms with Gasteiger partial charge in [0.25, 0.3) is 0 Å². The fourth-order valence-corrected chi connectivity index (χ4v) is 2.33. The molecule has 4 N–H and O–H groups in total. The Morgan fingerprint density at radius 1 is 1.45 bits per heavy atom. The summed E-state index contributed by atoms with van der Waals surface area (Å²) in [5.74, 6) is 1.90. The predicted octanol–water partition coefficient (Wildman–Crippen LogP) is 0.930. The number of hydrogen-bond acceptors (Lipinski definition) is 6. The van der Waals surface area contributed by atoms with Gasteiger partial charge < -0.3 is 21.1 Å². The van der Waals surface area contributed by atoms with E-state index in [1.54, 1.807) is 0 Å². The third kappa shape index (κ3) is 3.37. The first-order valence-electron chi connectivity index (χ1n) is 7.22. The maximum Gasteiger partial charge on any atom is 0.227 e. The quantitative estimate of drug-likeness (QED) is 0.718. The summed E-state index contributed by atoms with van der Waals surface area (Å²) in [6.45, 7) is 2.13. The molecule has 1 atom stereocenters. The van der Waals surface area contributed by atoms with Gasteiger partial charge in [-0.1, -0.05) is 6.92 Å². The summed E-state index contributed by atoms with van der Waals surface area (Å²) in [6, 6.07) is 2.31. The number of aliphatic hydroxyl groups excluding tert-OH is 1. The average molecular weight is 279 g/mol. The van der Waals surface area contributed by atoms with Gasteiger partial charge in [0, 0.05) is 32.1 Å². The van der Waals surface area contributed by atoms with Crippen molar-refractivity contribution in [3.63, 3.8) is 0 Å². The van der Waals surface area contributed by atoms with Crippen LogP contribution in [-0.2, 0) is 0 Å². The summed E-state index contributed by atoms with van der Waals surface area (Å²) < 4.78 is 0. The van der Waals surface area contributed by atoms with Gasteiger partial charge >= 0.3 is 0 Å². The van der Waals surface area contributed by atoms with Gasteiger partial charge in [0.1, 0.15) is 5.82 Å². The first-order chi connectivity index (χ1) is 9.53. The number of nitrogens with one attached hydrogen (secondary N) is 1. The molecule has 0 unspecified atom stereocenters. The van der Waals surface area contributed by atoms with Crippen LogP contribution in [0, 0.1) is 0 Å². The van der Waals surface area contributed by atoms with Crippen LogP contribution in [0.25, 0.3) is 0 Å². The van der Waals surface area contributed by atoms with E-state index < -0.39 is 0 Å². The topological polar surface area (TPSA) is 87.3 Å². The highest BCUT2D eigenvalue weighted by Crippen LogP contribution is 2.35. The summed E-state index contributed by atoms with van der Waals surface area (Å²) in [5.41, 5.74) is 6.91. The standard InChI is InChI=1S/C14H25N5O/c1-4-11(8-20)16-13-7-12(9-5-10(15)6-9)17-14(18-13)19(2)3/h7,9-11,20H,4-6,8,15H2,1-3H3,(H,16,17,18)/t9?,10?,11-/m1/s1. The van der Waals surface area contributed by atoms with Crippen LogP contribution < -0.4 is 16.0 Å². The second kappa shape index (κ2) is 6.37. The largest absolute Gasteiger partial charge is 0.394 e. The maximum atomic E-state index is 9.30. The van der Waals surface area contributed by atoms with Crippen molar-refractivity contribution in [3.8, 4) is 0 Å². The van der Waals surface area contributed by atoms with Gasteiger partial charge in [-0.15, -0.1) is 0 Å². The Bertz CT molecular complexity index is 441. The van der Waals surface area contributed by atoms with E-state index in [9.17, 15) is 5.11 Å². The normalized spacial score (nSPS) is 23.1. The molecule has 6 heteroatoms. The van der Waals surface area contributed by atoms with E-state index in [0.29, 0.717) is 17.9 Å². The van der Waals surface area contributed by atoms with Crippen LogP contribution in [0.4, 0.5) is 11.8 Å². The van der Waals surface area contributed by atoms with E-state index in [0.717, 1.165) is 30.8 Å². The Hall–Kier alpha value is -1.40. The van der Waals surface area contributed by atoms with Gasteiger partial charge in [-0.05, 0) is 19.3 Å². The molecule has 1 aliphatic rings. The second-order valence-electron chi connectivity index (χ2n) is 5.73. The summed E-state index contributed by atoms with van der Waals surface area (Å²) in [5, 5.41) is 12.6. The van der Waals surface area contributed by atoms with Crippen molar-refractivity contribution in [2.24, 2.45) is 5.73 Å². The highest BCUT2D eigenvalue weighted by molar-refractivity contribution is 5.45. The fraction of sp³-hybridized carbons (Fsp3) is 0.714. The molecule has 1 fully saturated rings. The molecule has 1 heterocycles. The van der Waals surface area contributed by atoms with E-state index >= 15 is 0 Å². The van der Waals surface area contributed by atoms with Crippen molar-refractivity contribution in [1.29, 1.82) is 0 Å². The number of anilines is 2. The molecule has 0 radical (unpaired) electrons. The maximum absolute atomic E-state index is 9.30. The molecule has 1 saturated carbocycles. The smallest absolute Gasteiger partial charge is 0.227 e. The lowest BCUT2D eigenvalue weighted by Crippen LogP contribution is -2.35. The number of nitrogens with two attached hydrogens (primary N) is 1. The van der Waals surface area contributed by atoms with Gasteiger partial charge in [-0.2, -0.15) is 4.98 Å². The number of rotatable bonds is 6. The summed E-state index contributed by atoms with van der Waals surface area (Å²) >= 11 is 0. The average Bonchev–Trinajstić information content (AvgIpc) is 2.40. The van der Waals surface area contributed by atoms with Crippen molar-refractivity contribution in [2.75, 3.05) is 30.9 Å². The Morgan fingerprint density at radius 3 is 2.65 bits per heavy atom. The van der Waals surface area contributed by atoms with Crippen molar-refractivity contribution >= 4 is 11.8 Å². The molecule has 6 nitrogen and oxygen atoms in total. The lowest BCUT2D eigenvalue weighted by Gasteiger charge is -2.32. The molecule has 112 valence electrons. The zero-order valence-electron chi connectivity index (χ0n) is 12.5. The molecule has 0 spiro atoms. The van der Waals surface area contributed by atoms with Crippen molar-refractivity contribution in [3.05, 3.63) is 11.8 Å². The van der Waals surface area contributed by atoms with Crippen LogP contribution in [-0.4, -0.2) is 47.9 Å². The van der Waals surface area contributed by atoms with Gasteiger partial charge in [-0.3, -0.25) is 0 Å². The Kier molecular flexibility index (Phi) is 4.77. The molecule has 2 rings (SSSR count). The monoisotopic (exact) mass is 279 g/mol. The zero-order valence-corrected chi connectivity index (χ0v) is 12.5. The van der Waals surface area contributed by atoms with Crippen LogP contribution in [0.15, 0.2) is 6.07 Å². The van der Waals surface area contributed by atoms with E-state index in [2.05, 4.69) is 15.3 Å². The number of aliphatic hydroxyl groups is 1. The summed E-state index contributed by atoms with van der Waals surface area (Å²) in [6.07, 6.45) is 2.82. The lowest BCUT2D eigenvalue weighted by molar-refractivity contribution is 0.271. The van der Waals surface area contributed by atoms with Gasteiger partial charge in [-0.25, -0.2) is 4.98 Å². The Labute approximate surface area is 120 Å². The molecule has 0 bridgehead atoms. The number of nitrogens with zero attached hydrogens (tertiary/aromatic N) is 3. The van der Waals surface area contributed by atoms with Crippen LogP contribution in [0.5, 0.6) is 0 Å². The lowest BCUT2D eigenvalue weighted by atomic mass is 9.78. The van der Waals surface area contributed by atoms with Crippen LogP contribution in [0.1, 0.15) is 37.8 Å². The minimum absolute atomic E-state index is 0.0245. The van der Waals surface area contributed by atoms with E-state index in [1.165, 1.54) is 0 Å². The molecular formula is C14H25N5O. The third-order valence-corrected chi connectivity index (χ3v) is 3.79. The molecule has 1 aromatic rings. The molecule has 0 amide bonds. The number of aromatic nitrogens is 2. The fourth-order valence-electron chi connectivity index (χ4n) is 2.33. The minimum atomic E-state index is 0.0245.